The highest BCUT2D eigenvalue weighted by molar-refractivity contribution is 8.17. The summed E-state index contributed by atoms with van der Waals surface area (Å²) < 4.78 is 0. The summed E-state index contributed by atoms with van der Waals surface area (Å²) in [5, 5.41) is 1.34. The van der Waals surface area contributed by atoms with Crippen LogP contribution in [0.3, 0.4) is 0 Å². The summed E-state index contributed by atoms with van der Waals surface area (Å²) in [6.45, 7) is 4.38. The summed E-state index contributed by atoms with van der Waals surface area (Å²) in [5.74, 6) is 0. The zero-order chi connectivity index (χ0) is 9.26. The van der Waals surface area contributed by atoms with Crippen molar-refractivity contribution in [2.75, 3.05) is 0 Å². The summed E-state index contributed by atoms with van der Waals surface area (Å²) in [5.41, 5.74) is 1.40. The van der Waals surface area contributed by atoms with Crippen LogP contribution in [0.2, 0.25) is 0 Å². The number of hydrogen-bond donors (Lipinski definition) is 0. The standard InChI is InChI=1S/C11H15NS/c1-3-4-11-12-9-6-5-8(2)7-10(9)13-11/h5,7,9H,3-4,6H2,1-2H3. The lowest BCUT2D eigenvalue weighted by molar-refractivity contribution is 0.813. The molecule has 13 heavy (non-hydrogen) atoms. The lowest BCUT2D eigenvalue weighted by atomic mass is 10.0. The first-order chi connectivity index (χ1) is 6.29. The third-order valence-electron chi connectivity index (χ3n) is 2.36. The first kappa shape index (κ1) is 9.07. The zero-order valence-corrected chi connectivity index (χ0v) is 9.03. The zero-order valence-electron chi connectivity index (χ0n) is 8.21. The number of rotatable bonds is 2. The molecule has 2 aliphatic rings. The average Bonchev–Trinajstić information content (AvgIpc) is 2.46. The molecular formula is C11H15NS. The van der Waals surface area contributed by atoms with E-state index >= 15 is 0 Å². The normalized spacial score (nSPS) is 26.3. The highest BCUT2D eigenvalue weighted by atomic mass is 32.2. The Morgan fingerprint density at radius 1 is 1.62 bits per heavy atom. The molecule has 1 aliphatic carbocycles. The highest BCUT2D eigenvalue weighted by Gasteiger charge is 2.24. The van der Waals surface area contributed by atoms with Crippen molar-refractivity contribution in [2.24, 2.45) is 4.99 Å². The van der Waals surface area contributed by atoms with Crippen LogP contribution < -0.4 is 0 Å². The molecule has 0 radical (unpaired) electrons. The molecule has 1 nitrogen and oxygen atoms in total. The quantitative estimate of drug-likeness (QED) is 0.653. The van der Waals surface area contributed by atoms with Crippen LogP contribution in [-0.2, 0) is 0 Å². The van der Waals surface area contributed by atoms with Crippen molar-refractivity contribution in [2.45, 2.75) is 39.2 Å². The molecule has 0 bridgehead atoms. The lowest BCUT2D eigenvalue weighted by Gasteiger charge is -2.11. The number of fused-ring (bicyclic) bond motifs is 1. The van der Waals surface area contributed by atoms with E-state index in [1.165, 1.54) is 21.9 Å². The highest BCUT2D eigenvalue weighted by Crippen LogP contribution is 2.37. The van der Waals surface area contributed by atoms with Crippen LogP contribution in [-0.4, -0.2) is 11.1 Å². The van der Waals surface area contributed by atoms with E-state index in [1.807, 2.05) is 11.8 Å². The van der Waals surface area contributed by atoms with Gasteiger partial charge in [0.1, 0.15) is 0 Å². The van der Waals surface area contributed by atoms with Gasteiger partial charge in [-0.1, -0.05) is 36.8 Å². The fraction of sp³-hybridized carbons (Fsp3) is 0.545. The number of allylic oxidation sites excluding steroid dienone is 2. The van der Waals surface area contributed by atoms with Crippen LogP contribution in [0.5, 0.6) is 0 Å². The van der Waals surface area contributed by atoms with Crippen LogP contribution in [0, 0.1) is 0 Å². The number of hydrogen-bond acceptors (Lipinski definition) is 2. The lowest BCUT2D eigenvalue weighted by Crippen LogP contribution is -2.03. The maximum absolute atomic E-state index is 4.70. The summed E-state index contributed by atoms with van der Waals surface area (Å²) in [6, 6.07) is 0.468. The van der Waals surface area contributed by atoms with E-state index in [4.69, 9.17) is 4.99 Å². The van der Waals surface area contributed by atoms with Gasteiger partial charge in [-0.05, 0) is 25.8 Å². The molecule has 1 unspecified atom stereocenters. The van der Waals surface area contributed by atoms with E-state index < -0.39 is 0 Å². The van der Waals surface area contributed by atoms with Gasteiger partial charge < -0.3 is 0 Å². The van der Waals surface area contributed by atoms with Gasteiger partial charge in [0, 0.05) is 4.91 Å². The molecule has 1 atom stereocenters. The molecule has 0 amide bonds. The van der Waals surface area contributed by atoms with E-state index in [0.717, 1.165) is 12.8 Å². The molecular weight excluding hydrogens is 178 g/mol. The van der Waals surface area contributed by atoms with Crippen molar-refractivity contribution in [1.29, 1.82) is 0 Å². The van der Waals surface area contributed by atoms with Crippen molar-refractivity contribution < 1.29 is 0 Å². The second kappa shape index (κ2) is 3.70. The Balaban J connectivity index is 2.10. The molecule has 0 saturated heterocycles. The van der Waals surface area contributed by atoms with Crippen LogP contribution >= 0.6 is 11.8 Å². The van der Waals surface area contributed by atoms with Crippen LogP contribution in [0.1, 0.15) is 33.1 Å². The second-order valence-corrected chi connectivity index (χ2v) is 4.77. The van der Waals surface area contributed by atoms with Gasteiger partial charge in [0.05, 0.1) is 11.1 Å². The van der Waals surface area contributed by atoms with E-state index in [9.17, 15) is 0 Å². The van der Waals surface area contributed by atoms with E-state index in [2.05, 4.69) is 26.0 Å². The van der Waals surface area contributed by atoms with Crippen molar-refractivity contribution in [3.05, 3.63) is 22.6 Å². The Labute approximate surface area is 84.0 Å². The van der Waals surface area contributed by atoms with Gasteiger partial charge >= 0.3 is 0 Å². The van der Waals surface area contributed by atoms with Crippen molar-refractivity contribution in [1.82, 2.24) is 0 Å². The van der Waals surface area contributed by atoms with Gasteiger partial charge in [-0.2, -0.15) is 0 Å². The summed E-state index contributed by atoms with van der Waals surface area (Å²) in [4.78, 5) is 6.16. The number of nitrogens with zero attached hydrogens (tertiary/aromatic N) is 1. The minimum absolute atomic E-state index is 0.468. The topological polar surface area (TPSA) is 12.4 Å². The van der Waals surface area contributed by atoms with Gasteiger partial charge in [-0.25, -0.2) is 0 Å². The molecule has 0 aromatic rings. The third-order valence-corrected chi connectivity index (χ3v) is 3.53. The molecule has 0 aromatic heterocycles. The van der Waals surface area contributed by atoms with Crippen LogP contribution in [0.4, 0.5) is 0 Å². The molecule has 0 fully saturated rings. The summed E-state index contributed by atoms with van der Waals surface area (Å²) in [6.07, 6.45) is 8.03. The Bertz CT molecular complexity index is 299. The van der Waals surface area contributed by atoms with Gasteiger partial charge in [-0.3, -0.25) is 4.99 Å². The molecule has 70 valence electrons. The first-order valence-corrected chi connectivity index (χ1v) is 5.74. The summed E-state index contributed by atoms with van der Waals surface area (Å²) >= 11 is 1.89. The summed E-state index contributed by atoms with van der Waals surface area (Å²) in [7, 11) is 0. The minimum atomic E-state index is 0.468. The Kier molecular flexibility index (Phi) is 2.58. The van der Waals surface area contributed by atoms with Crippen LogP contribution in [0.25, 0.3) is 0 Å². The largest absolute Gasteiger partial charge is 0.274 e. The van der Waals surface area contributed by atoms with Gasteiger partial charge in [0.2, 0.25) is 0 Å². The predicted octanol–water partition coefficient (Wildman–Crippen LogP) is 3.53. The maximum Gasteiger partial charge on any atom is 0.0855 e. The smallest absolute Gasteiger partial charge is 0.0855 e. The molecule has 0 aromatic carbocycles. The Hall–Kier alpha value is -0.500. The van der Waals surface area contributed by atoms with Gasteiger partial charge in [0.25, 0.3) is 0 Å². The SMILES string of the molecule is CCCC1=NC2CC=C(C)C=C2S1. The monoisotopic (exact) mass is 193 g/mol. The minimum Gasteiger partial charge on any atom is -0.274 e. The Morgan fingerprint density at radius 3 is 3.23 bits per heavy atom. The Morgan fingerprint density at radius 2 is 2.46 bits per heavy atom. The maximum atomic E-state index is 4.70. The molecule has 0 saturated carbocycles. The van der Waals surface area contributed by atoms with Crippen molar-refractivity contribution >= 4 is 16.8 Å². The molecule has 2 rings (SSSR count). The molecule has 1 aliphatic heterocycles. The van der Waals surface area contributed by atoms with Crippen molar-refractivity contribution in [3.63, 3.8) is 0 Å². The van der Waals surface area contributed by atoms with E-state index in [-0.39, 0.29) is 0 Å². The van der Waals surface area contributed by atoms with E-state index in [1.54, 1.807) is 0 Å². The fourth-order valence-electron chi connectivity index (χ4n) is 1.67. The van der Waals surface area contributed by atoms with Crippen molar-refractivity contribution in [3.8, 4) is 0 Å². The number of aliphatic imine (C=N–C) groups is 1. The van der Waals surface area contributed by atoms with Crippen LogP contribution in [0.15, 0.2) is 27.6 Å². The second-order valence-electron chi connectivity index (χ2n) is 3.62. The molecule has 0 spiro atoms. The number of thioether (sulfide) groups is 1. The molecule has 0 N–H and O–H groups in total. The molecule has 2 heteroatoms. The third kappa shape index (κ3) is 1.88. The molecule has 1 heterocycles. The predicted molar refractivity (Wildman–Crippen MR) is 60.2 cm³/mol. The van der Waals surface area contributed by atoms with Gasteiger partial charge in [0.15, 0.2) is 0 Å². The first-order valence-electron chi connectivity index (χ1n) is 4.92. The fourth-order valence-corrected chi connectivity index (χ4v) is 2.96. The van der Waals surface area contributed by atoms with Gasteiger partial charge in [-0.15, -0.1) is 0 Å². The average molecular weight is 193 g/mol. The van der Waals surface area contributed by atoms with E-state index in [0.29, 0.717) is 6.04 Å².